The van der Waals surface area contributed by atoms with E-state index in [0.29, 0.717) is 0 Å². The zero-order chi connectivity index (χ0) is 49.0. The van der Waals surface area contributed by atoms with Crippen molar-refractivity contribution in [1.29, 1.82) is 0 Å². The Labute approximate surface area is 431 Å². The van der Waals surface area contributed by atoms with Crippen LogP contribution in [0.15, 0.2) is 237 Å². The fourth-order valence-corrected chi connectivity index (χ4v) is 15.3. The summed E-state index contributed by atoms with van der Waals surface area (Å²) in [5, 5.41) is 1.67. The third kappa shape index (κ3) is 5.26. The molecule has 0 bridgehead atoms. The normalized spacial score (nSPS) is 16.0. The van der Waals surface area contributed by atoms with Gasteiger partial charge in [0.15, 0.2) is 22.1 Å². The quantitative estimate of drug-likeness (QED) is 0.165. The number of fused-ring (bicyclic) bond motifs is 22. The summed E-state index contributed by atoms with van der Waals surface area (Å²) in [7, 11) is -2.02. The molecule has 2 unspecified atom stereocenters. The van der Waals surface area contributed by atoms with Crippen LogP contribution in [0, 0.1) is 13.8 Å². The molecule has 1 aliphatic heterocycles. The van der Waals surface area contributed by atoms with Gasteiger partial charge in [0.1, 0.15) is 0 Å². The number of nitrogens with zero attached hydrogens (tertiary/aromatic N) is 1. The SMILES string of the molecule is Cc1cc(N2c3ccccc3Oc3ccccc32)c(C)cc1-c1ccc2c(c1)C1(c3ccccc3-2)c2ccccc2-c2ccc([P+](=O)c3ccc4c(c3)C3(c5ccccc5-c5ccccc53)c3ccccc3-4)cc21. The van der Waals surface area contributed by atoms with E-state index in [-0.39, 0.29) is 0 Å². The van der Waals surface area contributed by atoms with Crippen molar-refractivity contribution in [3.63, 3.8) is 0 Å². The molecule has 0 amide bonds. The van der Waals surface area contributed by atoms with Gasteiger partial charge in [0.05, 0.1) is 22.2 Å². The van der Waals surface area contributed by atoms with Crippen molar-refractivity contribution in [1.82, 2.24) is 0 Å². The predicted molar refractivity (Wildman–Crippen MR) is 302 cm³/mol. The fourth-order valence-electron chi connectivity index (χ4n) is 14.1. The number of para-hydroxylation sites is 4. The average Bonchev–Trinajstić information content (AvgIpc) is 4.13. The van der Waals surface area contributed by atoms with Crippen LogP contribution in [-0.2, 0) is 15.4 Å². The molecule has 1 heterocycles. The lowest BCUT2D eigenvalue weighted by molar-refractivity contribution is 0.477. The summed E-state index contributed by atoms with van der Waals surface area (Å²) in [6.07, 6.45) is 0. The van der Waals surface area contributed by atoms with Crippen molar-refractivity contribution in [2.75, 3.05) is 4.90 Å². The summed E-state index contributed by atoms with van der Waals surface area (Å²) in [5.74, 6) is 1.68. The minimum absolute atomic E-state index is 0.513. The minimum atomic E-state index is -2.02. The summed E-state index contributed by atoms with van der Waals surface area (Å²) < 4.78 is 22.1. The maximum Gasteiger partial charge on any atom is 0.415 e. The lowest BCUT2D eigenvalue weighted by Crippen LogP contribution is -2.27. The Balaban J connectivity index is 0.854. The van der Waals surface area contributed by atoms with Gasteiger partial charge in [-0.2, -0.15) is 0 Å². The number of anilines is 3. The molecular formula is C70H45NO2P+. The summed E-state index contributed by atoms with van der Waals surface area (Å²) in [4.78, 5) is 2.34. The third-order valence-corrected chi connectivity index (χ3v) is 18.5. The number of aryl methyl sites for hydroxylation is 2. The van der Waals surface area contributed by atoms with Gasteiger partial charge in [-0.3, -0.25) is 0 Å². The molecular weight excluding hydrogens is 918 g/mol. The molecule has 0 N–H and O–H groups in total. The molecule has 346 valence electrons. The lowest BCUT2D eigenvalue weighted by Gasteiger charge is -2.34. The van der Waals surface area contributed by atoms with E-state index in [2.05, 4.69) is 231 Å². The average molecular weight is 963 g/mol. The number of benzene rings is 11. The monoisotopic (exact) mass is 962 g/mol. The largest absolute Gasteiger partial charge is 0.453 e. The van der Waals surface area contributed by atoms with Gasteiger partial charge in [0.25, 0.3) is 0 Å². The van der Waals surface area contributed by atoms with Gasteiger partial charge in [0.2, 0.25) is 0 Å². The van der Waals surface area contributed by atoms with Crippen molar-refractivity contribution in [2.45, 2.75) is 24.7 Å². The van der Waals surface area contributed by atoms with Gasteiger partial charge in [-0.25, -0.2) is 0 Å². The zero-order valence-corrected chi connectivity index (χ0v) is 41.6. The lowest BCUT2D eigenvalue weighted by atomic mass is 9.70. The van der Waals surface area contributed by atoms with Crippen LogP contribution in [0.2, 0.25) is 0 Å². The van der Waals surface area contributed by atoms with E-state index in [0.717, 1.165) is 39.2 Å². The van der Waals surface area contributed by atoms with E-state index in [9.17, 15) is 0 Å². The van der Waals surface area contributed by atoms with Crippen LogP contribution in [0.4, 0.5) is 17.1 Å². The molecule has 0 aromatic heterocycles. The Hall–Kier alpha value is -8.88. The zero-order valence-electron chi connectivity index (χ0n) is 40.7. The van der Waals surface area contributed by atoms with Gasteiger partial charge in [-0.1, -0.05) is 162 Å². The van der Waals surface area contributed by atoms with Crippen LogP contribution >= 0.6 is 7.80 Å². The highest BCUT2D eigenvalue weighted by Crippen LogP contribution is 2.65. The molecule has 3 nitrogen and oxygen atoms in total. The van der Waals surface area contributed by atoms with Gasteiger partial charge >= 0.3 is 7.80 Å². The Morgan fingerprint density at radius 3 is 1.15 bits per heavy atom. The van der Waals surface area contributed by atoms with Crippen molar-refractivity contribution in [3.8, 4) is 67.1 Å². The molecule has 5 aliphatic rings. The van der Waals surface area contributed by atoms with Crippen LogP contribution in [-0.4, -0.2) is 0 Å². The first-order valence-corrected chi connectivity index (χ1v) is 26.9. The first-order valence-electron chi connectivity index (χ1n) is 25.6. The minimum Gasteiger partial charge on any atom is -0.453 e. The highest BCUT2D eigenvalue weighted by atomic mass is 31.1. The van der Waals surface area contributed by atoms with Gasteiger partial charge in [-0.05, 0) is 204 Å². The van der Waals surface area contributed by atoms with E-state index >= 15 is 4.57 Å². The topological polar surface area (TPSA) is 29.5 Å². The van der Waals surface area contributed by atoms with Crippen molar-refractivity contribution in [3.05, 3.63) is 292 Å². The Kier molecular flexibility index (Phi) is 8.50. The molecule has 2 spiro atoms. The molecule has 0 fully saturated rings. The molecule has 2 atom stereocenters. The molecule has 11 aromatic rings. The second-order valence-electron chi connectivity index (χ2n) is 20.6. The molecule has 4 aliphatic carbocycles. The third-order valence-electron chi connectivity index (χ3n) is 17.1. The molecule has 0 radical (unpaired) electrons. The number of rotatable bonds is 4. The first kappa shape index (κ1) is 41.7. The van der Waals surface area contributed by atoms with Crippen LogP contribution in [0.5, 0.6) is 11.5 Å². The maximum atomic E-state index is 15.7. The van der Waals surface area contributed by atoms with Crippen LogP contribution in [0.3, 0.4) is 0 Å². The van der Waals surface area contributed by atoms with Gasteiger partial charge < -0.3 is 9.64 Å². The Morgan fingerprint density at radius 2 is 0.689 bits per heavy atom. The van der Waals surface area contributed by atoms with E-state index in [1.807, 2.05) is 24.3 Å². The van der Waals surface area contributed by atoms with E-state index in [1.54, 1.807) is 0 Å². The highest BCUT2D eigenvalue weighted by Gasteiger charge is 2.54. The van der Waals surface area contributed by atoms with E-state index < -0.39 is 18.6 Å². The van der Waals surface area contributed by atoms with Crippen LogP contribution in [0.25, 0.3) is 55.6 Å². The highest BCUT2D eigenvalue weighted by molar-refractivity contribution is 7.61. The van der Waals surface area contributed by atoms with Gasteiger partial charge in [-0.15, -0.1) is 0 Å². The van der Waals surface area contributed by atoms with Crippen LogP contribution < -0.4 is 20.2 Å². The standard InChI is InChI=1S/C70H45NO2P/c1-42-38-66(71-64-27-13-15-29-67(64)73-68-30-16-14-28-65(68)71)43(2)37-55(42)44-31-34-52-49-19-6-11-25-59(49)70(61(52)39-44)60-26-12-7-21-51(60)54-36-33-46(41-63(54)70)74(72)45-32-35-53-50-20-5-10-24-58(50)69(62(53)40-45)56-22-8-3-17-47(56)48-18-4-9-23-57(48)69/h3-41H,1-2H3/q+1. The molecule has 0 saturated carbocycles. The number of hydrogen-bond donors (Lipinski definition) is 0. The number of hydrogen-bond acceptors (Lipinski definition) is 3. The molecule has 16 rings (SSSR count). The summed E-state index contributed by atoms with van der Waals surface area (Å²) >= 11 is 0. The van der Waals surface area contributed by atoms with Crippen molar-refractivity contribution in [2.24, 2.45) is 0 Å². The van der Waals surface area contributed by atoms with Crippen molar-refractivity contribution < 1.29 is 9.30 Å². The predicted octanol–water partition coefficient (Wildman–Crippen LogP) is 17.0. The smallest absolute Gasteiger partial charge is 0.415 e. The van der Waals surface area contributed by atoms with Gasteiger partial charge in [0, 0.05) is 5.69 Å². The summed E-state index contributed by atoms with van der Waals surface area (Å²) in [6, 6.07) is 86.2. The molecule has 11 aromatic carbocycles. The molecule has 4 heteroatoms. The molecule has 0 saturated heterocycles. The van der Waals surface area contributed by atoms with Crippen LogP contribution in [0.1, 0.15) is 55.6 Å². The molecule has 74 heavy (non-hydrogen) atoms. The maximum absolute atomic E-state index is 15.7. The van der Waals surface area contributed by atoms with E-state index in [1.165, 1.54) is 111 Å². The van der Waals surface area contributed by atoms with E-state index in [4.69, 9.17) is 4.74 Å². The second-order valence-corrected chi connectivity index (χ2v) is 22.2. The van der Waals surface area contributed by atoms with Crippen molar-refractivity contribution >= 4 is 35.5 Å². The number of ether oxygens (including phenoxy) is 1. The Morgan fingerprint density at radius 1 is 0.324 bits per heavy atom. The Bertz CT molecular complexity index is 4200. The second kappa shape index (κ2) is 15.1. The summed E-state index contributed by atoms with van der Waals surface area (Å²) in [5.41, 5.74) is 26.6. The summed E-state index contributed by atoms with van der Waals surface area (Å²) in [6.45, 7) is 4.46. The first-order chi connectivity index (χ1) is 36.4. The fraction of sp³-hybridized carbons (Fsp3) is 0.0571.